The van der Waals surface area contributed by atoms with Gasteiger partial charge in [-0.05, 0) is 158 Å². The van der Waals surface area contributed by atoms with Crippen molar-refractivity contribution in [3.8, 4) is 62.4 Å². The Balaban J connectivity index is 0.000000131. The summed E-state index contributed by atoms with van der Waals surface area (Å²) in [6.07, 6.45) is 0. The number of benzene rings is 17. The highest BCUT2D eigenvalue weighted by molar-refractivity contribution is 7.26. The van der Waals surface area contributed by atoms with Crippen LogP contribution in [0.2, 0.25) is 0 Å². The van der Waals surface area contributed by atoms with Gasteiger partial charge in [-0.15, -0.1) is 11.3 Å². The van der Waals surface area contributed by atoms with Crippen LogP contribution in [0.3, 0.4) is 0 Å². The van der Waals surface area contributed by atoms with Gasteiger partial charge in [0.2, 0.25) is 11.9 Å². The molecule has 9 heteroatoms. The smallest absolute Gasteiger partial charge is 0.235 e. The van der Waals surface area contributed by atoms with Gasteiger partial charge in [0.25, 0.3) is 0 Å². The molecule has 0 bridgehead atoms. The fourth-order valence-corrected chi connectivity index (χ4v) is 18.6. The molecule has 0 aliphatic rings. The minimum absolute atomic E-state index is 0.624. The van der Waals surface area contributed by atoms with Crippen molar-refractivity contribution in [3.63, 3.8) is 0 Å². The van der Waals surface area contributed by atoms with Crippen molar-refractivity contribution in [2.45, 2.75) is 0 Å². The van der Waals surface area contributed by atoms with Crippen molar-refractivity contribution >= 4 is 173 Å². The fourth-order valence-electron chi connectivity index (χ4n) is 17.4. The zero-order valence-electron chi connectivity index (χ0n) is 58.5. The molecule has 0 N–H and O–H groups in total. The molecule has 7 heterocycles. The largest absolute Gasteiger partial charge is 0.456 e. The number of thiophene rings is 1. The summed E-state index contributed by atoms with van der Waals surface area (Å²) >= 11 is 1.85. The van der Waals surface area contributed by atoms with E-state index in [-0.39, 0.29) is 0 Å². The zero-order chi connectivity index (χ0) is 71.4. The predicted octanol–water partition coefficient (Wildman–Crippen LogP) is 26.9. The summed E-state index contributed by atoms with van der Waals surface area (Å²) in [7, 11) is 0. The molecule has 0 saturated carbocycles. The average Bonchev–Trinajstić information content (AvgIpc) is 1.55. The maximum absolute atomic E-state index is 6.75. The first kappa shape index (κ1) is 61.0. The topological polar surface area (TPSA) is 79.5 Å². The van der Waals surface area contributed by atoms with Crippen LogP contribution in [0.5, 0.6) is 0 Å². The zero-order valence-corrected chi connectivity index (χ0v) is 59.3. The summed E-state index contributed by atoms with van der Waals surface area (Å²) in [5, 5.41) is 21.2. The minimum Gasteiger partial charge on any atom is -0.456 e. The van der Waals surface area contributed by atoms with Crippen LogP contribution < -0.4 is 0 Å². The number of furan rings is 1. The Morgan fingerprint density at radius 3 is 1.42 bits per heavy atom. The Morgan fingerprint density at radius 1 is 0.239 bits per heavy atom. The Hall–Kier alpha value is -14.4. The number of fused-ring (bicyclic) bond motifs is 22. The number of para-hydroxylation sites is 5. The van der Waals surface area contributed by atoms with Crippen molar-refractivity contribution < 1.29 is 4.42 Å². The molecule has 17 aromatic carbocycles. The van der Waals surface area contributed by atoms with Gasteiger partial charge in [-0.25, -0.2) is 19.9 Å². The first-order valence-corrected chi connectivity index (χ1v) is 37.7. The molecule has 109 heavy (non-hydrogen) atoms. The van der Waals surface area contributed by atoms with E-state index in [2.05, 4.69) is 372 Å². The first-order valence-electron chi connectivity index (χ1n) is 36.9. The van der Waals surface area contributed by atoms with E-state index in [9.17, 15) is 0 Å². The lowest BCUT2D eigenvalue weighted by molar-refractivity contribution is 0.669. The third-order valence-corrected chi connectivity index (χ3v) is 23.5. The maximum atomic E-state index is 6.75. The van der Waals surface area contributed by atoms with E-state index in [1.54, 1.807) is 0 Å². The second-order valence-electron chi connectivity index (χ2n) is 28.3. The highest BCUT2D eigenvalue weighted by Crippen LogP contribution is 2.48. The number of rotatable bonds is 7. The summed E-state index contributed by atoms with van der Waals surface area (Å²) in [5.74, 6) is 1.29. The second kappa shape index (κ2) is 24.1. The molecule has 0 fully saturated rings. The first-order chi connectivity index (χ1) is 54.0. The standard InChI is InChI=1S/C52H31N3O.C48H28N4S/c1-3-13-32(14-4-1)37-24-25-45-42(27-37)49-39-20-10-9-17-34(39)23-26-46(49)55(45)52-53-44-22-12-11-21-40(44)51(54-52)38-29-41(33-15-5-2-6-16-33)50-43-28-35-18-7-8-19-36(35)30-47(43)56-48(50)31-38;1-2-15-31(16-3-1)51-39-23-10-7-18-34(39)44-41(51)25-26-42-45(44)35-19-8-11-24-40(35)52(42)48-49-38-22-9-6-17-33(38)46(50-48)36-21-12-20-32-37-27-29-13-4-5-14-30(29)28-43(37)53-47(32)36/h1-31H;1-28H. The quantitative estimate of drug-likeness (QED) is 0.159. The molecule has 0 amide bonds. The predicted molar refractivity (Wildman–Crippen MR) is 457 cm³/mol. The normalized spacial score (nSPS) is 12.0. The Bertz CT molecular complexity index is 7930. The Morgan fingerprint density at radius 2 is 0.734 bits per heavy atom. The lowest BCUT2D eigenvalue weighted by Gasteiger charge is -2.13. The van der Waals surface area contributed by atoms with Gasteiger partial charge < -0.3 is 8.98 Å². The van der Waals surface area contributed by atoms with Crippen molar-refractivity contribution in [2.24, 2.45) is 0 Å². The molecule has 0 spiro atoms. The van der Waals surface area contributed by atoms with Gasteiger partial charge in [-0.2, -0.15) is 0 Å². The van der Waals surface area contributed by atoms with Crippen LogP contribution in [0.15, 0.2) is 362 Å². The molecule has 7 aromatic heterocycles. The second-order valence-corrected chi connectivity index (χ2v) is 29.4. The SMILES string of the molecule is c1ccc(-c2ccc3c(c2)c2c4ccccc4ccc2n3-c2nc(-c3cc(-c4ccccc4)c4c(c3)oc3cc5ccccc5cc34)c3ccccc3n2)cc1.c1ccc(-n2c3ccccc3c3c4c5ccccc5n(-c5nc(-c6cccc7c6sc6cc8ccccc8cc67)c6ccccc6n5)c4ccc32)cc1. The molecule has 0 unspecified atom stereocenters. The van der Waals surface area contributed by atoms with Crippen LogP contribution >= 0.6 is 11.3 Å². The summed E-state index contributed by atoms with van der Waals surface area (Å²) in [6, 6.07) is 128. The van der Waals surface area contributed by atoms with Crippen LogP contribution in [0.25, 0.3) is 224 Å². The molecule has 8 nitrogen and oxygen atoms in total. The Labute approximate surface area is 627 Å². The van der Waals surface area contributed by atoms with Crippen molar-refractivity contribution in [1.29, 1.82) is 0 Å². The number of hydrogen-bond acceptors (Lipinski definition) is 6. The summed E-state index contributed by atoms with van der Waals surface area (Å²) in [4.78, 5) is 21.7. The van der Waals surface area contributed by atoms with E-state index >= 15 is 0 Å². The molecule has 24 aromatic rings. The number of aromatic nitrogens is 7. The van der Waals surface area contributed by atoms with Crippen LogP contribution in [0.1, 0.15) is 0 Å². The summed E-state index contributed by atoms with van der Waals surface area (Å²) < 4.78 is 16.2. The van der Waals surface area contributed by atoms with Gasteiger partial charge in [0.15, 0.2) is 0 Å². The van der Waals surface area contributed by atoms with Crippen molar-refractivity contribution in [1.82, 2.24) is 33.6 Å². The van der Waals surface area contributed by atoms with Crippen LogP contribution in [-0.4, -0.2) is 33.6 Å². The lowest BCUT2D eigenvalue weighted by Crippen LogP contribution is -2.03. The van der Waals surface area contributed by atoms with Crippen LogP contribution in [-0.2, 0) is 0 Å². The van der Waals surface area contributed by atoms with Gasteiger partial charge >= 0.3 is 0 Å². The van der Waals surface area contributed by atoms with E-state index in [0.717, 1.165) is 111 Å². The molecular weight excluding hydrogens is 1350 g/mol. The van der Waals surface area contributed by atoms with Crippen molar-refractivity contribution in [2.75, 3.05) is 0 Å². The molecule has 0 aliphatic heterocycles. The van der Waals surface area contributed by atoms with E-state index in [4.69, 9.17) is 24.4 Å². The number of nitrogens with zero attached hydrogens (tertiary/aromatic N) is 7. The third kappa shape index (κ3) is 9.50. The van der Waals surface area contributed by atoms with Gasteiger partial charge in [0.1, 0.15) is 11.2 Å². The minimum atomic E-state index is 0.624. The van der Waals surface area contributed by atoms with E-state index in [0.29, 0.717) is 11.9 Å². The molecule has 0 atom stereocenters. The third-order valence-electron chi connectivity index (χ3n) is 22.2. The van der Waals surface area contributed by atoms with Crippen LogP contribution in [0.4, 0.5) is 0 Å². The molecule has 24 rings (SSSR count). The average molecular weight is 1410 g/mol. The fraction of sp³-hybridized carbons (Fsp3) is 0. The van der Waals surface area contributed by atoms with Gasteiger partial charge in [0, 0.05) is 90.8 Å². The maximum Gasteiger partial charge on any atom is 0.235 e. The van der Waals surface area contributed by atoms with E-state index in [1.165, 1.54) is 102 Å². The lowest BCUT2D eigenvalue weighted by atomic mass is 9.94. The summed E-state index contributed by atoms with van der Waals surface area (Å²) in [5.41, 5.74) is 19.8. The highest BCUT2D eigenvalue weighted by atomic mass is 32.1. The molecule has 0 radical (unpaired) electrons. The van der Waals surface area contributed by atoms with Gasteiger partial charge in [0.05, 0.1) is 55.5 Å². The molecule has 0 saturated heterocycles. The molecule has 0 aliphatic carbocycles. The monoisotopic (exact) mass is 1410 g/mol. The van der Waals surface area contributed by atoms with Crippen LogP contribution in [0, 0.1) is 0 Å². The Kier molecular flexibility index (Phi) is 13.5. The van der Waals surface area contributed by atoms with E-state index < -0.39 is 0 Å². The summed E-state index contributed by atoms with van der Waals surface area (Å²) in [6.45, 7) is 0. The molecule has 506 valence electrons. The van der Waals surface area contributed by atoms with Gasteiger partial charge in [-0.3, -0.25) is 9.13 Å². The number of hydrogen-bond donors (Lipinski definition) is 0. The van der Waals surface area contributed by atoms with Gasteiger partial charge in [-0.1, -0.05) is 255 Å². The highest BCUT2D eigenvalue weighted by Gasteiger charge is 2.26. The molecular formula is C100H59N7OS. The van der Waals surface area contributed by atoms with Crippen molar-refractivity contribution in [3.05, 3.63) is 358 Å². The van der Waals surface area contributed by atoms with E-state index in [1.807, 2.05) is 11.3 Å².